The van der Waals surface area contributed by atoms with Crippen LogP contribution in [0.2, 0.25) is 0 Å². The summed E-state index contributed by atoms with van der Waals surface area (Å²) in [5.41, 5.74) is 0.673. The van der Waals surface area contributed by atoms with Crippen LogP contribution in [0.5, 0.6) is 0 Å². The highest BCUT2D eigenvalue weighted by molar-refractivity contribution is 7.95. The number of ether oxygens (including phenoxy) is 1. The fraction of sp³-hybridized carbons (Fsp3) is 0.176. The molecule has 2 atom stereocenters. The van der Waals surface area contributed by atoms with Gasteiger partial charge >= 0.3 is 0 Å². The molecule has 1 aliphatic heterocycles. The van der Waals surface area contributed by atoms with Crippen LogP contribution in [-0.4, -0.2) is 20.1 Å². The summed E-state index contributed by atoms with van der Waals surface area (Å²) in [5, 5.41) is 10.5. The van der Waals surface area contributed by atoms with Crippen molar-refractivity contribution < 1.29 is 18.3 Å². The maximum absolute atomic E-state index is 12.7. The molecule has 1 aliphatic rings. The fourth-order valence-corrected chi connectivity index (χ4v) is 4.11. The molecule has 1 heterocycles. The summed E-state index contributed by atoms with van der Waals surface area (Å²) in [6.45, 7) is 0.150. The monoisotopic (exact) mass is 316 g/mol. The van der Waals surface area contributed by atoms with E-state index in [4.69, 9.17) is 4.74 Å². The Morgan fingerprint density at radius 1 is 1.00 bits per heavy atom. The minimum absolute atomic E-state index is 0.120. The lowest BCUT2D eigenvalue weighted by Gasteiger charge is -2.20. The van der Waals surface area contributed by atoms with Gasteiger partial charge in [-0.1, -0.05) is 48.5 Å². The minimum atomic E-state index is -3.66. The first-order valence-corrected chi connectivity index (χ1v) is 8.44. The molecule has 0 saturated carbocycles. The molecule has 114 valence electrons. The summed E-state index contributed by atoms with van der Waals surface area (Å²) in [5.74, 6) is -0.604. The zero-order valence-electron chi connectivity index (χ0n) is 11.8. The van der Waals surface area contributed by atoms with Crippen LogP contribution >= 0.6 is 0 Å². The third-order valence-electron chi connectivity index (χ3n) is 3.73. The van der Waals surface area contributed by atoms with Gasteiger partial charge in [-0.15, -0.1) is 0 Å². The lowest BCUT2D eigenvalue weighted by molar-refractivity contribution is 0.101. The van der Waals surface area contributed by atoms with Gasteiger partial charge in [0.1, 0.15) is 0 Å². The van der Waals surface area contributed by atoms with Crippen molar-refractivity contribution >= 4 is 9.84 Å². The Labute approximate surface area is 129 Å². The van der Waals surface area contributed by atoms with E-state index in [2.05, 4.69) is 0 Å². The number of hydrogen-bond acceptors (Lipinski definition) is 4. The van der Waals surface area contributed by atoms with Crippen LogP contribution in [0.1, 0.15) is 11.7 Å². The zero-order chi connectivity index (χ0) is 15.6. The van der Waals surface area contributed by atoms with Crippen LogP contribution in [-0.2, 0) is 14.6 Å². The molecule has 0 fully saturated rings. The topological polar surface area (TPSA) is 63.6 Å². The Morgan fingerprint density at radius 3 is 2.23 bits per heavy atom. The van der Waals surface area contributed by atoms with E-state index in [1.54, 1.807) is 42.5 Å². The van der Waals surface area contributed by atoms with Crippen molar-refractivity contribution in [3.8, 4) is 0 Å². The predicted octanol–water partition coefficient (Wildman–Crippen LogP) is 2.68. The van der Waals surface area contributed by atoms with Crippen molar-refractivity contribution in [3.05, 3.63) is 77.4 Å². The molecule has 2 aromatic rings. The molecule has 0 aliphatic carbocycles. The average Bonchev–Trinajstić information content (AvgIpc) is 3.06. The summed E-state index contributed by atoms with van der Waals surface area (Å²) >= 11 is 0. The molecule has 0 bridgehead atoms. The molecular weight excluding hydrogens is 300 g/mol. The lowest BCUT2D eigenvalue weighted by atomic mass is 9.97. The van der Waals surface area contributed by atoms with E-state index >= 15 is 0 Å². The van der Waals surface area contributed by atoms with Gasteiger partial charge in [-0.3, -0.25) is 0 Å². The first kappa shape index (κ1) is 14.8. The van der Waals surface area contributed by atoms with Gasteiger partial charge in [0.15, 0.2) is 0 Å². The summed E-state index contributed by atoms with van der Waals surface area (Å²) in [7, 11) is -3.66. The van der Waals surface area contributed by atoms with Gasteiger partial charge in [-0.05, 0) is 17.7 Å². The largest absolute Gasteiger partial charge is 0.499 e. The van der Waals surface area contributed by atoms with Crippen molar-refractivity contribution in [2.24, 2.45) is 5.92 Å². The number of benzene rings is 2. The average molecular weight is 316 g/mol. The zero-order valence-corrected chi connectivity index (χ0v) is 12.6. The molecule has 1 N–H and O–H groups in total. The summed E-state index contributed by atoms with van der Waals surface area (Å²) in [6, 6.07) is 17.2. The fourth-order valence-electron chi connectivity index (χ4n) is 2.53. The van der Waals surface area contributed by atoms with E-state index in [1.165, 1.54) is 6.26 Å². The van der Waals surface area contributed by atoms with Gasteiger partial charge < -0.3 is 9.84 Å². The maximum atomic E-state index is 12.7. The van der Waals surface area contributed by atoms with E-state index in [0.29, 0.717) is 5.56 Å². The molecule has 2 aromatic carbocycles. The number of aliphatic hydroxyl groups excluding tert-OH is 1. The highest BCUT2D eigenvalue weighted by Crippen LogP contribution is 2.37. The van der Waals surface area contributed by atoms with Gasteiger partial charge in [0, 0.05) is 0 Å². The Morgan fingerprint density at radius 2 is 1.59 bits per heavy atom. The molecule has 0 aromatic heterocycles. The van der Waals surface area contributed by atoms with Crippen LogP contribution < -0.4 is 0 Å². The molecule has 3 rings (SSSR count). The van der Waals surface area contributed by atoms with E-state index in [9.17, 15) is 13.5 Å². The van der Waals surface area contributed by atoms with E-state index in [-0.39, 0.29) is 16.4 Å². The van der Waals surface area contributed by atoms with Gasteiger partial charge in [0.05, 0.1) is 34.7 Å². The predicted molar refractivity (Wildman–Crippen MR) is 82.6 cm³/mol. The highest BCUT2D eigenvalue weighted by atomic mass is 32.2. The molecule has 0 unspecified atom stereocenters. The summed E-state index contributed by atoms with van der Waals surface area (Å²) in [4.78, 5) is 0.326. The van der Waals surface area contributed by atoms with Crippen molar-refractivity contribution in [2.45, 2.75) is 11.0 Å². The molecule has 0 spiro atoms. The maximum Gasteiger partial charge on any atom is 0.206 e. The van der Waals surface area contributed by atoms with Crippen molar-refractivity contribution in [2.75, 3.05) is 6.61 Å². The van der Waals surface area contributed by atoms with Crippen LogP contribution in [0.4, 0.5) is 0 Å². The Kier molecular flexibility index (Phi) is 4.00. The highest BCUT2D eigenvalue weighted by Gasteiger charge is 2.37. The third kappa shape index (κ3) is 2.65. The standard InChI is InChI=1S/C17H16O4S/c18-17(13-7-3-1-4-8-13)15-11-21-12-16(15)22(19,20)14-9-5-2-6-10-14/h1-10,12,15,17-18H,11H2/t15-,17-/m0/s1. The Bertz CT molecular complexity index is 767. The summed E-state index contributed by atoms with van der Waals surface area (Å²) < 4.78 is 30.7. The quantitative estimate of drug-likeness (QED) is 0.942. The van der Waals surface area contributed by atoms with Crippen LogP contribution in [0.3, 0.4) is 0 Å². The molecule has 5 heteroatoms. The van der Waals surface area contributed by atoms with E-state index < -0.39 is 21.9 Å². The van der Waals surface area contributed by atoms with E-state index in [1.807, 2.05) is 18.2 Å². The molecule has 0 radical (unpaired) electrons. The van der Waals surface area contributed by atoms with Crippen molar-refractivity contribution in [3.63, 3.8) is 0 Å². The second-order valence-electron chi connectivity index (χ2n) is 5.13. The van der Waals surface area contributed by atoms with Crippen molar-refractivity contribution in [1.82, 2.24) is 0 Å². The van der Waals surface area contributed by atoms with Gasteiger partial charge in [-0.25, -0.2) is 8.42 Å². The van der Waals surface area contributed by atoms with Crippen LogP contribution in [0, 0.1) is 5.92 Å². The summed E-state index contributed by atoms with van der Waals surface area (Å²) in [6.07, 6.45) is 0.326. The lowest BCUT2D eigenvalue weighted by Crippen LogP contribution is -2.20. The van der Waals surface area contributed by atoms with Gasteiger partial charge in [0.2, 0.25) is 9.84 Å². The first-order chi connectivity index (χ1) is 10.6. The number of hydrogen-bond donors (Lipinski definition) is 1. The molecule has 0 saturated heterocycles. The van der Waals surface area contributed by atoms with Crippen LogP contribution in [0.15, 0.2) is 76.7 Å². The number of sulfone groups is 1. The molecule has 0 amide bonds. The molecule has 4 nitrogen and oxygen atoms in total. The van der Waals surface area contributed by atoms with Crippen molar-refractivity contribution in [1.29, 1.82) is 0 Å². The Hall–Kier alpha value is -2.11. The second-order valence-corrected chi connectivity index (χ2v) is 7.08. The normalized spacial score (nSPS) is 19.3. The van der Waals surface area contributed by atoms with E-state index in [0.717, 1.165) is 0 Å². The SMILES string of the molecule is O=S(=O)(C1=COC[C@@H]1[C@@H](O)c1ccccc1)c1ccccc1. The first-order valence-electron chi connectivity index (χ1n) is 6.95. The van der Waals surface area contributed by atoms with Crippen LogP contribution in [0.25, 0.3) is 0 Å². The number of rotatable bonds is 4. The molecule has 22 heavy (non-hydrogen) atoms. The minimum Gasteiger partial charge on any atom is -0.499 e. The third-order valence-corrected chi connectivity index (χ3v) is 5.64. The molecular formula is C17H16O4S. The number of aliphatic hydroxyl groups is 1. The Balaban J connectivity index is 1.94. The van der Waals surface area contributed by atoms with Gasteiger partial charge in [-0.2, -0.15) is 0 Å². The second kappa shape index (κ2) is 5.94. The smallest absolute Gasteiger partial charge is 0.206 e. The van der Waals surface area contributed by atoms with Gasteiger partial charge in [0.25, 0.3) is 0 Å².